The number of amides is 1. The van der Waals surface area contributed by atoms with E-state index in [0.717, 1.165) is 31.7 Å². The van der Waals surface area contributed by atoms with Crippen molar-refractivity contribution in [3.8, 4) is 5.88 Å². The first-order valence-corrected chi connectivity index (χ1v) is 10.6. The maximum atomic E-state index is 12.7. The van der Waals surface area contributed by atoms with Crippen LogP contribution in [0.4, 0.5) is 5.69 Å². The SMILES string of the molecule is CCN(CC)CCCOc1ccc(NC(=O)c2n[nH]c3c2C(=O)CC(C)(C)C3)cn1. The van der Waals surface area contributed by atoms with Crippen LogP contribution in [0.25, 0.3) is 0 Å². The van der Waals surface area contributed by atoms with Gasteiger partial charge in [-0.05, 0) is 37.4 Å². The number of carbonyl (C=O) groups excluding carboxylic acids is 2. The summed E-state index contributed by atoms with van der Waals surface area (Å²) in [5, 5.41) is 9.72. The Bertz CT molecular complexity index is 885. The Labute approximate surface area is 177 Å². The van der Waals surface area contributed by atoms with E-state index < -0.39 is 5.91 Å². The second-order valence-electron chi connectivity index (χ2n) is 8.43. The third-order valence-electron chi connectivity index (χ3n) is 5.39. The highest BCUT2D eigenvalue weighted by Gasteiger charge is 2.36. The van der Waals surface area contributed by atoms with E-state index in [9.17, 15) is 9.59 Å². The Hall–Kier alpha value is -2.74. The predicted octanol–water partition coefficient (Wildman–Crippen LogP) is 3.32. The number of carbonyl (C=O) groups is 2. The molecule has 30 heavy (non-hydrogen) atoms. The molecule has 1 amide bonds. The van der Waals surface area contributed by atoms with Crippen LogP contribution >= 0.6 is 0 Å². The number of aromatic nitrogens is 3. The minimum absolute atomic E-state index is 0.0493. The van der Waals surface area contributed by atoms with Crippen LogP contribution in [0.15, 0.2) is 18.3 Å². The number of anilines is 1. The number of hydrogen-bond acceptors (Lipinski definition) is 6. The summed E-state index contributed by atoms with van der Waals surface area (Å²) < 4.78 is 5.67. The molecule has 2 aromatic rings. The average Bonchev–Trinajstić information content (AvgIpc) is 3.12. The highest BCUT2D eigenvalue weighted by Crippen LogP contribution is 2.35. The molecule has 8 heteroatoms. The molecule has 162 valence electrons. The number of pyridine rings is 1. The van der Waals surface area contributed by atoms with Gasteiger partial charge in [0.15, 0.2) is 11.5 Å². The summed E-state index contributed by atoms with van der Waals surface area (Å²) in [6, 6.07) is 3.45. The number of rotatable bonds is 9. The number of fused-ring (bicyclic) bond motifs is 1. The van der Waals surface area contributed by atoms with Gasteiger partial charge in [-0.1, -0.05) is 27.7 Å². The van der Waals surface area contributed by atoms with Gasteiger partial charge in [-0.25, -0.2) is 4.98 Å². The van der Waals surface area contributed by atoms with Gasteiger partial charge in [-0.2, -0.15) is 5.10 Å². The van der Waals surface area contributed by atoms with Crippen molar-refractivity contribution in [1.82, 2.24) is 20.1 Å². The molecule has 3 rings (SSSR count). The second kappa shape index (κ2) is 9.38. The van der Waals surface area contributed by atoms with Crippen LogP contribution in [0.1, 0.15) is 67.1 Å². The van der Waals surface area contributed by atoms with E-state index in [1.807, 2.05) is 13.8 Å². The smallest absolute Gasteiger partial charge is 0.276 e. The zero-order valence-corrected chi connectivity index (χ0v) is 18.2. The summed E-state index contributed by atoms with van der Waals surface area (Å²) in [6.45, 7) is 12.0. The first-order valence-electron chi connectivity index (χ1n) is 10.6. The summed E-state index contributed by atoms with van der Waals surface area (Å²) in [7, 11) is 0. The normalized spacial score (nSPS) is 15.2. The minimum atomic E-state index is -0.421. The molecule has 2 aromatic heterocycles. The second-order valence-corrected chi connectivity index (χ2v) is 8.43. The van der Waals surface area contributed by atoms with Crippen molar-refractivity contribution in [1.29, 1.82) is 0 Å². The number of ketones is 1. The number of H-pyrrole nitrogens is 1. The van der Waals surface area contributed by atoms with Gasteiger partial charge in [0.2, 0.25) is 5.88 Å². The number of nitrogens with zero attached hydrogens (tertiary/aromatic N) is 3. The van der Waals surface area contributed by atoms with Crippen molar-refractivity contribution in [3.63, 3.8) is 0 Å². The molecule has 0 bridgehead atoms. The summed E-state index contributed by atoms with van der Waals surface area (Å²) in [5.74, 6) is 0.0454. The van der Waals surface area contributed by atoms with Crippen LogP contribution in [-0.4, -0.2) is 58.0 Å². The van der Waals surface area contributed by atoms with Crippen LogP contribution in [-0.2, 0) is 6.42 Å². The molecular weight excluding hydrogens is 382 g/mol. The predicted molar refractivity (Wildman–Crippen MR) is 115 cm³/mol. The van der Waals surface area contributed by atoms with E-state index in [1.54, 1.807) is 18.3 Å². The molecule has 0 saturated heterocycles. The fraction of sp³-hybridized carbons (Fsp3) is 0.545. The molecule has 0 fully saturated rings. The average molecular weight is 414 g/mol. The van der Waals surface area contributed by atoms with Crippen molar-refractivity contribution in [3.05, 3.63) is 35.3 Å². The van der Waals surface area contributed by atoms with E-state index in [2.05, 4.69) is 39.2 Å². The van der Waals surface area contributed by atoms with Gasteiger partial charge in [0, 0.05) is 24.7 Å². The molecule has 0 saturated carbocycles. The first kappa shape index (κ1) is 22.0. The van der Waals surface area contributed by atoms with Crippen molar-refractivity contribution in [2.75, 3.05) is 31.6 Å². The molecule has 8 nitrogen and oxygen atoms in total. The standard InChI is InChI=1S/C22H31N5O3/c1-5-27(6-2)10-7-11-30-18-9-8-15(14-23-18)24-21(29)20-19-16(25-26-20)12-22(3,4)13-17(19)28/h8-9,14H,5-7,10-13H2,1-4H3,(H,24,29)(H,25,26). The molecule has 0 aliphatic heterocycles. The van der Waals surface area contributed by atoms with E-state index in [1.165, 1.54) is 0 Å². The number of Topliss-reactive ketones (excluding diaryl/α,β-unsaturated/α-hetero) is 1. The zero-order chi connectivity index (χ0) is 21.7. The Morgan fingerprint density at radius 1 is 1.27 bits per heavy atom. The van der Waals surface area contributed by atoms with Gasteiger partial charge in [0.25, 0.3) is 5.91 Å². The fourth-order valence-electron chi connectivity index (χ4n) is 3.77. The Balaban J connectivity index is 1.56. The van der Waals surface area contributed by atoms with Crippen LogP contribution in [0.2, 0.25) is 0 Å². The van der Waals surface area contributed by atoms with Gasteiger partial charge in [-0.15, -0.1) is 0 Å². The zero-order valence-electron chi connectivity index (χ0n) is 18.2. The van der Waals surface area contributed by atoms with Gasteiger partial charge >= 0.3 is 0 Å². The third-order valence-corrected chi connectivity index (χ3v) is 5.39. The van der Waals surface area contributed by atoms with Gasteiger partial charge < -0.3 is 15.0 Å². The van der Waals surface area contributed by atoms with E-state index >= 15 is 0 Å². The summed E-state index contributed by atoms with van der Waals surface area (Å²) in [5.41, 5.74) is 1.68. The first-order chi connectivity index (χ1) is 14.3. The molecule has 0 radical (unpaired) electrons. The van der Waals surface area contributed by atoms with E-state index in [0.29, 0.717) is 36.6 Å². The fourth-order valence-corrected chi connectivity index (χ4v) is 3.77. The van der Waals surface area contributed by atoms with Gasteiger partial charge in [0.1, 0.15) is 0 Å². The van der Waals surface area contributed by atoms with Crippen molar-refractivity contribution in [2.45, 2.75) is 47.0 Å². The quantitative estimate of drug-likeness (QED) is 0.612. The molecule has 2 N–H and O–H groups in total. The summed E-state index contributed by atoms with van der Waals surface area (Å²) in [4.78, 5) is 31.8. The largest absolute Gasteiger partial charge is 0.478 e. The monoisotopic (exact) mass is 413 g/mol. The lowest BCUT2D eigenvalue weighted by atomic mass is 9.75. The number of ether oxygens (including phenoxy) is 1. The molecule has 1 aliphatic rings. The van der Waals surface area contributed by atoms with Crippen LogP contribution in [0, 0.1) is 5.41 Å². The summed E-state index contributed by atoms with van der Waals surface area (Å²) in [6.07, 6.45) is 3.57. The molecular formula is C22H31N5O3. The molecule has 0 aromatic carbocycles. The van der Waals surface area contributed by atoms with Gasteiger partial charge in [-0.3, -0.25) is 14.7 Å². The topological polar surface area (TPSA) is 100 Å². The highest BCUT2D eigenvalue weighted by molar-refractivity contribution is 6.12. The van der Waals surface area contributed by atoms with Crippen LogP contribution in [0.3, 0.4) is 0 Å². The number of nitrogens with one attached hydrogen (secondary N) is 2. The molecule has 0 spiro atoms. The molecule has 0 atom stereocenters. The number of hydrogen-bond donors (Lipinski definition) is 2. The summed E-state index contributed by atoms with van der Waals surface area (Å²) >= 11 is 0. The third kappa shape index (κ3) is 5.24. The Morgan fingerprint density at radius 2 is 2.03 bits per heavy atom. The molecule has 1 aliphatic carbocycles. The lowest BCUT2D eigenvalue weighted by Crippen LogP contribution is -2.28. The number of aromatic amines is 1. The lowest BCUT2D eigenvalue weighted by Gasteiger charge is -2.27. The van der Waals surface area contributed by atoms with Crippen molar-refractivity contribution < 1.29 is 14.3 Å². The van der Waals surface area contributed by atoms with E-state index in [4.69, 9.17) is 4.74 Å². The maximum Gasteiger partial charge on any atom is 0.276 e. The van der Waals surface area contributed by atoms with Crippen molar-refractivity contribution in [2.24, 2.45) is 5.41 Å². The lowest BCUT2D eigenvalue weighted by molar-refractivity contribution is 0.0901. The molecule has 2 heterocycles. The van der Waals surface area contributed by atoms with E-state index in [-0.39, 0.29) is 16.9 Å². The van der Waals surface area contributed by atoms with Crippen LogP contribution < -0.4 is 10.1 Å². The highest BCUT2D eigenvalue weighted by atomic mass is 16.5. The Kier molecular flexibility index (Phi) is 6.87. The molecule has 0 unspecified atom stereocenters. The van der Waals surface area contributed by atoms with Crippen molar-refractivity contribution >= 4 is 17.4 Å². The maximum absolute atomic E-state index is 12.7. The Morgan fingerprint density at radius 3 is 2.70 bits per heavy atom. The van der Waals surface area contributed by atoms with Gasteiger partial charge in [0.05, 0.1) is 24.1 Å². The minimum Gasteiger partial charge on any atom is -0.478 e. The van der Waals surface area contributed by atoms with Crippen LogP contribution in [0.5, 0.6) is 5.88 Å².